The fraction of sp³-hybridized carbons (Fsp3) is 0.474. The third-order valence-corrected chi connectivity index (χ3v) is 5.69. The van der Waals surface area contributed by atoms with Crippen LogP contribution < -0.4 is 5.32 Å². The highest BCUT2D eigenvalue weighted by Crippen LogP contribution is 2.25. The normalized spacial score (nSPS) is 19.8. The van der Waals surface area contributed by atoms with E-state index in [4.69, 9.17) is 9.47 Å². The van der Waals surface area contributed by atoms with Gasteiger partial charge in [0.1, 0.15) is 0 Å². The molecule has 1 amide bonds. The van der Waals surface area contributed by atoms with Gasteiger partial charge in [-0.3, -0.25) is 9.78 Å². The fourth-order valence-electron chi connectivity index (χ4n) is 3.47. The van der Waals surface area contributed by atoms with E-state index in [0.29, 0.717) is 30.2 Å². The molecule has 0 aliphatic heterocycles. The summed E-state index contributed by atoms with van der Waals surface area (Å²) in [6.07, 6.45) is 7.38. The Bertz CT molecular complexity index is 919. The van der Waals surface area contributed by atoms with E-state index in [0.717, 1.165) is 36.1 Å². The Labute approximate surface area is 166 Å². The lowest BCUT2D eigenvalue weighted by Crippen LogP contribution is -2.39. The zero-order valence-electron chi connectivity index (χ0n) is 15.7. The number of aromatic amines is 1. The topological polar surface area (TPSA) is 102 Å². The van der Waals surface area contributed by atoms with Gasteiger partial charge in [-0.2, -0.15) is 0 Å². The molecule has 8 nitrogen and oxygen atoms in total. The van der Waals surface area contributed by atoms with Crippen molar-refractivity contribution in [2.45, 2.75) is 37.8 Å². The largest absolute Gasteiger partial charge is 0.382 e. The Morgan fingerprint density at radius 2 is 2.14 bits per heavy atom. The lowest BCUT2D eigenvalue weighted by molar-refractivity contribution is -0.00409. The average Bonchev–Trinajstić information content (AvgIpc) is 3.40. The second kappa shape index (κ2) is 8.76. The number of methoxy groups -OCH3 is 1. The van der Waals surface area contributed by atoms with Crippen molar-refractivity contribution in [1.29, 1.82) is 0 Å². The standard InChI is InChI=1S/C19H23N5O3S/c1-26-8-9-27-13-4-2-12(3-5-13)22-19(25)17-16-14(6-7-21-16)23-18(24-17)15-10-20-11-28-15/h6-7,10-13,21H,2-5,8-9H2,1H3,(H,22,25)/t12-,13-. The Kier molecular flexibility index (Phi) is 5.94. The van der Waals surface area contributed by atoms with Crippen LogP contribution >= 0.6 is 11.3 Å². The molecule has 0 atom stereocenters. The number of aromatic nitrogens is 4. The number of nitrogens with zero attached hydrogens (tertiary/aromatic N) is 3. The number of rotatable bonds is 7. The van der Waals surface area contributed by atoms with Crippen molar-refractivity contribution in [2.75, 3.05) is 20.3 Å². The molecule has 0 spiro atoms. The zero-order chi connectivity index (χ0) is 19.3. The maximum atomic E-state index is 13.0. The van der Waals surface area contributed by atoms with Crippen LogP contribution in [0.1, 0.15) is 36.2 Å². The molecule has 0 bridgehead atoms. The van der Waals surface area contributed by atoms with E-state index in [2.05, 4.69) is 25.3 Å². The lowest BCUT2D eigenvalue weighted by Gasteiger charge is -2.29. The van der Waals surface area contributed by atoms with Crippen LogP contribution in [0.25, 0.3) is 21.7 Å². The summed E-state index contributed by atoms with van der Waals surface area (Å²) >= 11 is 1.45. The molecule has 148 valence electrons. The van der Waals surface area contributed by atoms with Crippen molar-refractivity contribution in [3.8, 4) is 10.7 Å². The molecule has 28 heavy (non-hydrogen) atoms. The monoisotopic (exact) mass is 401 g/mol. The number of amides is 1. The van der Waals surface area contributed by atoms with Gasteiger partial charge in [-0.15, -0.1) is 11.3 Å². The number of fused-ring (bicyclic) bond motifs is 1. The summed E-state index contributed by atoms with van der Waals surface area (Å²) in [5.74, 6) is 0.347. The minimum atomic E-state index is -0.177. The van der Waals surface area contributed by atoms with Crippen LogP contribution in [-0.4, -0.2) is 58.3 Å². The number of thiazole rings is 1. The molecule has 2 N–H and O–H groups in total. The zero-order valence-corrected chi connectivity index (χ0v) is 16.5. The third-order valence-electron chi connectivity index (χ3n) is 4.92. The summed E-state index contributed by atoms with van der Waals surface area (Å²) in [5, 5.41) is 3.14. The number of hydrogen-bond donors (Lipinski definition) is 2. The summed E-state index contributed by atoms with van der Waals surface area (Å²) in [4.78, 5) is 30.0. The summed E-state index contributed by atoms with van der Waals surface area (Å²) in [5.41, 5.74) is 3.48. The summed E-state index contributed by atoms with van der Waals surface area (Å²) in [6, 6.07) is 1.97. The summed E-state index contributed by atoms with van der Waals surface area (Å²) in [6.45, 7) is 1.23. The number of ether oxygens (including phenoxy) is 2. The molecule has 0 saturated heterocycles. The van der Waals surface area contributed by atoms with E-state index in [-0.39, 0.29) is 18.1 Å². The SMILES string of the molecule is COCCO[C@H]1CC[C@H](NC(=O)c2nc(-c3cncs3)nc3cc[nH]c23)CC1. The van der Waals surface area contributed by atoms with Crippen molar-refractivity contribution < 1.29 is 14.3 Å². The number of carbonyl (C=O) groups is 1. The Morgan fingerprint density at radius 3 is 2.89 bits per heavy atom. The second-order valence-electron chi connectivity index (χ2n) is 6.81. The molecule has 1 aliphatic rings. The molecule has 0 unspecified atom stereocenters. The van der Waals surface area contributed by atoms with E-state index in [1.807, 2.05) is 6.07 Å². The summed E-state index contributed by atoms with van der Waals surface area (Å²) < 4.78 is 10.8. The number of hydrogen-bond acceptors (Lipinski definition) is 7. The van der Waals surface area contributed by atoms with Crippen LogP contribution in [0, 0.1) is 0 Å². The molecule has 1 aliphatic carbocycles. The maximum absolute atomic E-state index is 13.0. The molecule has 3 aromatic rings. The van der Waals surface area contributed by atoms with Gasteiger partial charge in [0, 0.05) is 25.5 Å². The van der Waals surface area contributed by atoms with Gasteiger partial charge < -0.3 is 19.8 Å². The molecule has 3 aromatic heterocycles. The van der Waals surface area contributed by atoms with Crippen LogP contribution in [0.4, 0.5) is 0 Å². The van der Waals surface area contributed by atoms with Crippen LogP contribution in [0.15, 0.2) is 24.0 Å². The Balaban J connectivity index is 1.44. The van der Waals surface area contributed by atoms with E-state index < -0.39 is 0 Å². The van der Waals surface area contributed by atoms with E-state index in [1.54, 1.807) is 25.0 Å². The van der Waals surface area contributed by atoms with Crippen LogP contribution in [0.2, 0.25) is 0 Å². The Hall–Kier alpha value is -2.36. The fourth-order valence-corrected chi connectivity index (χ4v) is 4.03. The van der Waals surface area contributed by atoms with Crippen molar-refractivity contribution in [2.24, 2.45) is 0 Å². The first kappa shape index (κ1) is 19.0. The quantitative estimate of drug-likeness (QED) is 0.590. The van der Waals surface area contributed by atoms with Gasteiger partial charge in [0.2, 0.25) is 0 Å². The van der Waals surface area contributed by atoms with E-state index in [1.165, 1.54) is 11.3 Å². The van der Waals surface area contributed by atoms with Gasteiger partial charge in [0.15, 0.2) is 11.5 Å². The number of H-pyrrole nitrogens is 1. The predicted molar refractivity (Wildman–Crippen MR) is 106 cm³/mol. The molecule has 9 heteroatoms. The average molecular weight is 401 g/mol. The van der Waals surface area contributed by atoms with Crippen LogP contribution in [0.3, 0.4) is 0 Å². The maximum Gasteiger partial charge on any atom is 0.272 e. The second-order valence-corrected chi connectivity index (χ2v) is 7.70. The molecule has 0 aromatic carbocycles. The molecule has 1 saturated carbocycles. The predicted octanol–water partition coefficient (Wildman–Crippen LogP) is 2.79. The summed E-state index contributed by atoms with van der Waals surface area (Å²) in [7, 11) is 1.67. The minimum absolute atomic E-state index is 0.126. The highest BCUT2D eigenvalue weighted by Gasteiger charge is 2.25. The van der Waals surface area contributed by atoms with E-state index >= 15 is 0 Å². The van der Waals surface area contributed by atoms with Crippen LogP contribution in [-0.2, 0) is 9.47 Å². The van der Waals surface area contributed by atoms with Gasteiger partial charge in [0.25, 0.3) is 5.91 Å². The molecule has 3 heterocycles. The molecule has 4 rings (SSSR count). The molecular formula is C19H23N5O3S. The van der Waals surface area contributed by atoms with Gasteiger partial charge >= 0.3 is 0 Å². The smallest absolute Gasteiger partial charge is 0.272 e. The first-order chi connectivity index (χ1) is 13.7. The molecular weight excluding hydrogens is 378 g/mol. The molecule has 1 fully saturated rings. The Morgan fingerprint density at radius 1 is 1.29 bits per heavy atom. The minimum Gasteiger partial charge on any atom is -0.382 e. The lowest BCUT2D eigenvalue weighted by atomic mass is 9.93. The van der Waals surface area contributed by atoms with Gasteiger partial charge in [-0.05, 0) is 31.7 Å². The van der Waals surface area contributed by atoms with Crippen molar-refractivity contribution in [3.05, 3.63) is 29.7 Å². The molecule has 0 radical (unpaired) electrons. The van der Waals surface area contributed by atoms with Crippen molar-refractivity contribution in [3.63, 3.8) is 0 Å². The van der Waals surface area contributed by atoms with E-state index in [9.17, 15) is 4.79 Å². The van der Waals surface area contributed by atoms with Gasteiger partial charge in [-0.1, -0.05) is 0 Å². The van der Waals surface area contributed by atoms with Gasteiger partial charge in [0.05, 0.1) is 40.7 Å². The van der Waals surface area contributed by atoms with Gasteiger partial charge in [-0.25, -0.2) is 9.97 Å². The third kappa shape index (κ3) is 4.21. The van der Waals surface area contributed by atoms with Crippen molar-refractivity contribution in [1.82, 2.24) is 25.3 Å². The van der Waals surface area contributed by atoms with Crippen LogP contribution in [0.5, 0.6) is 0 Å². The first-order valence-electron chi connectivity index (χ1n) is 9.40. The highest BCUT2D eigenvalue weighted by molar-refractivity contribution is 7.13. The number of carbonyl (C=O) groups excluding carboxylic acids is 1. The van der Waals surface area contributed by atoms with Crippen molar-refractivity contribution >= 4 is 28.3 Å². The highest BCUT2D eigenvalue weighted by atomic mass is 32.1. The number of nitrogens with one attached hydrogen (secondary N) is 2. The first-order valence-corrected chi connectivity index (χ1v) is 10.3.